The Morgan fingerprint density at radius 1 is 1.43 bits per heavy atom. The maximum absolute atomic E-state index is 14.0. The summed E-state index contributed by atoms with van der Waals surface area (Å²) in [6.07, 6.45) is 1.71. The van der Waals surface area contributed by atoms with Crippen LogP contribution >= 0.6 is 0 Å². The van der Waals surface area contributed by atoms with Crippen molar-refractivity contribution in [2.45, 2.75) is 18.9 Å². The predicted molar refractivity (Wildman–Crippen MR) is 66.3 cm³/mol. The third-order valence-corrected chi connectivity index (χ3v) is 3.29. The molecule has 1 N–H and O–H groups in total. The van der Waals surface area contributed by atoms with Crippen molar-refractivity contribution in [3.05, 3.63) is 39.8 Å². The fraction of sp³-hybridized carbons (Fsp3) is 0.333. The van der Waals surface area contributed by atoms with Gasteiger partial charge in [-0.3, -0.25) is 10.1 Å². The number of nitro benzene ring substituents is 1. The third kappa shape index (κ3) is 2.35. The van der Waals surface area contributed by atoms with Gasteiger partial charge in [0.15, 0.2) is 0 Å². The van der Waals surface area contributed by atoms with E-state index in [0.717, 1.165) is 31.5 Å². The SMILES string of the molecule is O=[N+]([O-])c1ccc(F)c(-c2noc(C3CCCN3)n2)c1F. The van der Waals surface area contributed by atoms with Crippen LogP contribution < -0.4 is 5.32 Å². The highest BCUT2D eigenvalue weighted by Crippen LogP contribution is 2.31. The lowest BCUT2D eigenvalue weighted by atomic mass is 10.1. The summed E-state index contributed by atoms with van der Waals surface area (Å²) in [5, 5.41) is 17.3. The highest BCUT2D eigenvalue weighted by Gasteiger charge is 2.28. The zero-order valence-electron chi connectivity index (χ0n) is 10.7. The molecule has 1 unspecified atom stereocenters. The van der Waals surface area contributed by atoms with E-state index in [9.17, 15) is 18.9 Å². The summed E-state index contributed by atoms with van der Waals surface area (Å²) in [6, 6.07) is 1.41. The molecule has 0 amide bonds. The molecule has 0 saturated carbocycles. The van der Waals surface area contributed by atoms with E-state index in [1.165, 1.54) is 0 Å². The molecule has 1 aliphatic heterocycles. The minimum absolute atomic E-state index is 0.156. The smallest absolute Gasteiger partial charge is 0.305 e. The normalized spacial score (nSPS) is 18.1. The Bertz CT molecular complexity index is 698. The average Bonchev–Trinajstić information content (AvgIpc) is 3.09. The van der Waals surface area contributed by atoms with Crippen LogP contribution in [-0.4, -0.2) is 21.6 Å². The lowest BCUT2D eigenvalue weighted by Gasteiger charge is -2.02. The van der Waals surface area contributed by atoms with Gasteiger partial charge in [0.2, 0.25) is 17.5 Å². The van der Waals surface area contributed by atoms with Gasteiger partial charge in [0, 0.05) is 6.07 Å². The summed E-state index contributed by atoms with van der Waals surface area (Å²) in [7, 11) is 0. The van der Waals surface area contributed by atoms with Gasteiger partial charge in [-0.05, 0) is 25.5 Å². The number of nitrogens with zero attached hydrogens (tertiary/aromatic N) is 3. The number of aromatic nitrogens is 2. The first-order valence-corrected chi connectivity index (χ1v) is 6.27. The summed E-state index contributed by atoms with van der Waals surface area (Å²) in [5.74, 6) is -2.42. The first-order chi connectivity index (χ1) is 10.1. The minimum atomic E-state index is -1.31. The van der Waals surface area contributed by atoms with Crippen LogP contribution in [0.25, 0.3) is 11.4 Å². The van der Waals surface area contributed by atoms with Crippen molar-refractivity contribution < 1.29 is 18.2 Å². The van der Waals surface area contributed by atoms with Gasteiger partial charge in [-0.2, -0.15) is 9.37 Å². The molecule has 7 nitrogen and oxygen atoms in total. The first kappa shape index (κ1) is 13.6. The molecule has 1 aromatic carbocycles. The van der Waals surface area contributed by atoms with E-state index < -0.39 is 27.8 Å². The van der Waals surface area contributed by atoms with Crippen LogP contribution in [-0.2, 0) is 0 Å². The quantitative estimate of drug-likeness (QED) is 0.690. The standard InChI is InChI=1S/C12H10F2N4O3/c13-6-3-4-8(18(19)20)10(14)9(6)11-16-12(21-17-11)7-2-1-5-15-7/h3-4,7,15H,1-2,5H2. The van der Waals surface area contributed by atoms with Crippen LogP contribution in [0, 0.1) is 21.7 Å². The fourth-order valence-corrected chi connectivity index (χ4v) is 2.26. The number of hydrogen-bond donors (Lipinski definition) is 1. The van der Waals surface area contributed by atoms with E-state index in [0.29, 0.717) is 0 Å². The van der Waals surface area contributed by atoms with Gasteiger partial charge in [0.05, 0.1) is 11.0 Å². The lowest BCUT2D eigenvalue weighted by Crippen LogP contribution is -2.13. The minimum Gasteiger partial charge on any atom is -0.337 e. The fourth-order valence-electron chi connectivity index (χ4n) is 2.26. The van der Waals surface area contributed by atoms with Gasteiger partial charge >= 0.3 is 5.69 Å². The Kier molecular flexibility index (Phi) is 3.34. The zero-order chi connectivity index (χ0) is 15.0. The van der Waals surface area contributed by atoms with Crippen LogP contribution in [0.1, 0.15) is 24.8 Å². The molecule has 1 fully saturated rings. The number of nitro groups is 1. The first-order valence-electron chi connectivity index (χ1n) is 6.27. The van der Waals surface area contributed by atoms with E-state index in [-0.39, 0.29) is 17.8 Å². The van der Waals surface area contributed by atoms with Crippen LogP contribution in [0.5, 0.6) is 0 Å². The van der Waals surface area contributed by atoms with Gasteiger partial charge < -0.3 is 9.84 Å². The number of hydrogen-bond acceptors (Lipinski definition) is 6. The van der Waals surface area contributed by atoms with Crippen LogP contribution in [0.15, 0.2) is 16.7 Å². The van der Waals surface area contributed by atoms with E-state index >= 15 is 0 Å². The van der Waals surface area contributed by atoms with Gasteiger partial charge in [0.25, 0.3) is 0 Å². The Hall–Kier alpha value is -2.42. The number of nitrogens with one attached hydrogen (secondary N) is 1. The van der Waals surface area contributed by atoms with Gasteiger partial charge in [-0.1, -0.05) is 5.16 Å². The molecule has 0 bridgehead atoms. The lowest BCUT2D eigenvalue weighted by molar-refractivity contribution is -0.387. The Morgan fingerprint density at radius 3 is 2.90 bits per heavy atom. The highest BCUT2D eigenvalue weighted by atomic mass is 19.1. The Morgan fingerprint density at radius 2 is 2.24 bits per heavy atom. The highest BCUT2D eigenvalue weighted by molar-refractivity contribution is 5.61. The van der Waals surface area contributed by atoms with Crippen molar-refractivity contribution >= 4 is 5.69 Å². The molecule has 110 valence electrons. The van der Waals surface area contributed by atoms with E-state index in [1.54, 1.807) is 0 Å². The van der Waals surface area contributed by atoms with Gasteiger partial charge in [-0.25, -0.2) is 4.39 Å². The molecule has 1 aromatic heterocycles. The molecule has 0 spiro atoms. The Balaban J connectivity index is 2.04. The van der Waals surface area contributed by atoms with Crippen molar-refractivity contribution in [1.82, 2.24) is 15.5 Å². The molecule has 0 aliphatic carbocycles. The van der Waals surface area contributed by atoms with Crippen molar-refractivity contribution in [1.29, 1.82) is 0 Å². The third-order valence-electron chi connectivity index (χ3n) is 3.29. The van der Waals surface area contributed by atoms with E-state index in [2.05, 4.69) is 15.5 Å². The average molecular weight is 296 g/mol. The molecule has 0 radical (unpaired) electrons. The molecule has 1 aliphatic rings. The van der Waals surface area contributed by atoms with Crippen LogP contribution in [0.4, 0.5) is 14.5 Å². The number of rotatable bonds is 3. The molecular weight excluding hydrogens is 286 g/mol. The molecule has 3 rings (SSSR count). The van der Waals surface area contributed by atoms with E-state index in [1.807, 2.05) is 0 Å². The molecule has 9 heteroatoms. The summed E-state index contributed by atoms with van der Waals surface area (Å²) < 4.78 is 32.8. The van der Waals surface area contributed by atoms with Gasteiger partial charge in [0.1, 0.15) is 11.4 Å². The molecular formula is C12H10F2N4O3. The number of benzene rings is 1. The summed E-state index contributed by atoms with van der Waals surface area (Å²) in [6.45, 7) is 0.794. The summed E-state index contributed by atoms with van der Waals surface area (Å²) in [5.41, 5.74) is -1.49. The summed E-state index contributed by atoms with van der Waals surface area (Å²) >= 11 is 0. The van der Waals surface area contributed by atoms with Crippen molar-refractivity contribution in [3.63, 3.8) is 0 Å². The van der Waals surface area contributed by atoms with Crippen molar-refractivity contribution in [3.8, 4) is 11.4 Å². The maximum Gasteiger partial charge on any atom is 0.305 e. The monoisotopic (exact) mass is 296 g/mol. The van der Waals surface area contributed by atoms with Crippen LogP contribution in [0.2, 0.25) is 0 Å². The Labute approximate surface area is 117 Å². The second-order valence-corrected chi connectivity index (χ2v) is 4.62. The topological polar surface area (TPSA) is 94.1 Å². The maximum atomic E-state index is 14.0. The largest absolute Gasteiger partial charge is 0.337 e. The molecule has 2 heterocycles. The predicted octanol–water partition coefficient (Wildman–Crippen LogP) is 2.35. The second-order valence-electron chi connectivity index (χ2n) is 4.62. The van der Waals surface area contributed by atoms with Gasteiger partial charge in [-0.15, -0.1) is 0 Å². The molecule has 1 saturated heterocycles. The van der Waals surface area contributed by atoms with E-state index in [4.69, 9.17) is 4.52 Å². The number of halogens is 2. The van der Waals surface area contributed by atoms with Crippen molar-refractivity contribution in [2.24, 2.45) is 0 Å². The second kappa shape index (κ2) is 5.17. The molecule has 1 atom stereocenters. The van der Waals surface area contributed by atoms with Crippen LogP contribution in [0.3, 0.4) is 0 Å². The molecule has 2 aromatic rings. The van der Waals surface area contributed by atoms with Crippen molar-refractivity contribution in [2.75, 3.05) is 6.54 Å². The summed E-state index contributed by atoms with van der Waals surface area (Å²) in [4.78, 5) is 13.7. The zero-order valence-corrected chi connectivity index (χ0v) is 10.7. The molecule has 21 heavy (non-hydrogen) atoms.